The van der Waals surface area contributed by atoms with Gasteiger partial charge in [0.2, 0.25) is 0 Å². The number of aryl methyl sites for hydroxylation is 6. The van der Waals surface area contributed by atoms with Crippen molar-refractivity contribution in [3.8, 4) is 11.1 Å². The van der Waals surface area contributed by atoms with E-state index in [1.807, 2.05) is 6.20 Å². The van der Waals surface area contributed by atoms with Gasteiger partial charge < -0.3 is 0 Å². The molecule has 0 spiro atoms. The van der Waals surface area contributed by atoms with E-state index in [4.69, 9.17) is 4.98 Å². The maximum atomic E-state index is 4.93. The van der Waals surface area contributed by atoms with Crippen LogP contribution in [0.1, 0.15) is 56.0 Å². The van der Waals surface area contributed by atoms with Crippen molar-refractivity contribution in [2.45, 2.75) is 47.5 Å². The Morgan fingerprint density at radius 3 is 1.65 bits per heavy atom. The number of rotatable bonds is 7. The van der Waals surface area contributed by atoms with E-state index in [0.29, 0.717) is 0 Å². The van der Waals surface area contributed by atoms with Gasteiger partial charge in [0.05, 0.1) is 17.6 Å². The Bertz CT molecular complexity index is 2480. The second-order valence-electron chi connectivity index (χ2n) is 14.3. The predicted molar refractivity (Wildman–Crippen MR) is 219 cm³/mol. The van der Waals surface area contributed by atoms with Crippen LogP contribution in [0, 0.1) is 41.5 Å². The smallest absolute Gasteiger partial charge is 0.156 e. The average molecular weight is 674 g/mol. The highest BCUT2D eigenvalue weighted by atomic mass is 15.2. The molecule has 1 heterocycles. The van der Waals surface area contributed by atoms with Gasteiger partial charge in [-0.25, -0.2) is 4.98 Å². The Balaban J connectivity index is 1.44. The third kappa shape index (κ3) is 5.92. The van der Waals surface area contributed by atoms with E-state index in [2.05, 4.69) is 179 Å². The van der Waals surface area contributed by atoms with E-state index in [-0.39, 0.29) is 5.92 Å². The molecule has 8 rings (SSSR count). The van der Waals surface area contributed by atoms with E-state index in [9.17, 15) is 0 Å². The van der Waals surface area contributed by atoms with Gasteiger partial charge in [0.25, 0.3) is 0 Å². The van der Waals surface area contributed by atoms with Gasteiger partial charge >= 0.3 is 0 Å². The highest BCUT2D eigenvalue weighted by molar-refractivity contribution is 6.04. The summed E-state index contributed by atoms with van der Waals surface area (Å²) in [5.41, 5.74) is 16.3. The zero-order valence-corrected chi connectivity index (χ0v) is 30.8. The summed E-state index contributed by atoms with van der Waals surface area (Å²) in [6.45, 7) is 13.5. The molecule has 254 valence electrons. The number of hydrogen-bond donors (Lipinski definition) is 0. The Labute approximate surface area is 307 Å². The first-order valence-electron chi connectivity index (χ1n) is 18.1. The molecule has 7 aromatic carbocycles. The van der Waals surface area contributed by atoms with Gasteiger partial charge in [-0.3, -0.25) is 9.88 Å². The SMILES string of the molecule is Cc1cc(C)c(C(c2c(C)cc(C)cc2C)c2ccc(N(c3cnccn3)c3cc4ccccc4cc3-c3ccccc3)c3ccccc23)c(C)c1. The molecular weight excluding hydrogens is 631 g/mol. The number of fused-ring (bicyclic) bond motifs is 2. The molecule has 0 aliphatic rings. The minimum atomic E-state index is 0.0469. The number of anilines is 3. The van der Waals surface area contributed by atoms with Crippen LogP contribution in [0.2, 0.25) is 0 Å². The molecule has 0 saturated heterocycles. The highest BCUT2D eigenvalue weighted by Crippen LogP contribution is 2.48. The summed E-state index contributed by atoms with van der Waals surface area (Å²) in [5, 5.41) is 4.75. The predicted octanol–water partition coefficient (Wildman–Crippen LogP) is 13.0. The van der Waals surface area contributed by atoms with Crippen molar-refractivity contribution in [1.82, 2.24) is 9.97 Å². The highest BCUT2D eigenvalue weighted by Gasteiger charge is 2.28. The van der Waals surface area contributed by atoms with Crippen LogP contribution in [0.5, 0.6) is 0 Å². The van der Waals surface area contributed by atoms with E-state index >= 15 is 0 Å². The van der Waals surface area contributed by atoms with Crippen LogP contribution >= 0.6 is 0 Å². The van der Waals surface area contributed by atoms with E-state index in [0.717, 1.165) is 33.7 Å². The minimum absolute atomic E-state index is 0.0469. The summed E-state index contributed by atoms with van der Waals surface area (Å²) in [7, 11) is 0. The van der Waals surface area contributed by atoms with Crippen molar-refractivity contribution in [1.29, 1.82) is 0 Å². The lowest BCUT2D eigenvalue weighted by Gasteiger charge is -2.31. The molecule has 52 heavy (non-hydrogen) atoms. The second kappa shape index (κ2) is 13.6. The van der Waals surface area contributed by atoms with Gasteiger partial charge in [-0.05, 0) is 120 Å². The fraction of sp³-hybridized carbons (Fsp3) is 0.143. The van der Waals surface area contributed by atoms with Crippen LogP contribution in [0.3, 0.4) is 0 Å². The fourth-order valence-electron chi connectivity index (χ4n) is 8.55. The standard InChI is InChI=1S/C49H43N3/c1-31-24-33(3)47(34(4)25-31)49(48-35(5)26-32(2)27-36(48)6)42-20-21-44(41-19-13-12-18-40(41)42)52(46-30-50-22-23-51-46)45-29-39-17-11-10-16-38(39)28-43(45)37-14-8-7-9-15-37/h7-30,49H,1-6H3. The summed E-state index contributed by atoms with van der Waals surface area (Å²) in [5.74, 6) is 0.811. The summed E-state index contributed by atoms with van der Waals surface area (Å²) in [4.78, 5) is 11.8. The zero-order valence-electron chi connectivity index (χ0n) is 30.8. The molecule has 3 nitrogen and oxygen atoms in total. The molecule has 3 heteroatoms. The lowest BCUT2D eigenvalue weighted by molar-refractivity contribution is 0.928. The van der Waals surface area contributed by atoms with Gasteiger partial charge in [0.15, 0.2) is 5.82 Å². The molecular formula is C49H43N3. The van der Waals surface area contributed by atoms with Crippen LogP contribution in [-0.4, -0.2) is 9.97 Å². The minimum Gasteiger partial charge on any atom is -0.292 e. The van der Waals surface area contributed by atoms with Gasteiger partial charge in [0.1, 0.15) is 0 Å². The molecule has 0 bridgehead atoms. The van der Waals surface area contributed by atoms with Gasteiger partial charge in [-0.1, -0.05) is 120 Å². The van der Waals surface area contributed by atoms with E-state index < -0.39 is 0 Å². The van der Waals surface area contributed by atoms with Gasteiger partial charge in [0, 0.05) is 29.3 Å². The first-order chi connectivity index (χ1) is 25.3. The molecule has 0 atom stereocenters. The van der Waals surface area contributed by atoms with Crippen molar-refractivity contribution in [3.63, 3.8) is 0 Å². The molecule has 0 N–H and O–H groups in total. The van der Waals surface area contributed by atoms with Gasteiger partial charge in [-0.2, -0.15) is 0 Å². The third-order valence-electron chi connectivity index (χ3n) is 10.5. The molecule has 0 unspecified atom stereocenters. The molecule has 0 aliphatic heterocycles. The molecule has 0 radical (unpaired) electrons. The quantitative estimate of drug-likeness (QED) is 0.158. The Morgan fingerprint density at radius 2 is 1.06 bits per heavy atom. The van der Waals surface area contributed by atoms with Crippen LogP contribution < -0.4 is 4.90 Å². The lowest BCUT2D eigenvalue weighted by Crippen LogP contribution is -2.15. The molecule has 0 saturated carbocycles. The van der Waals surface area contributed by atoms with E-state index in [1.165, 1.54) is 66.2 Å². The maximum absolute atomic E-state index is 4.93. The van der Waals surface area contributed by atoms with Crippen molar-refractivity contribution < 1.29 is 0 Å². The van der Waals surface area contributed by atoms with Crippen molar-refractivity contribution in [2.24, 2.45) is 0 Å². The fourth-order valence-corrected chi connectivity index (χ4v) is 8.55. The average Bonchev–Trinajstić information content (AvgIpc) is 3.14. The topological polar surface area (TPSA) is 29.0 Å². The summed E-state index contributed by atoms with van der Waals surface area (Å²) in [6, 6.07) is 46.8. The van der Waals surface area contributed by atoms with Crippen molar-refractivity contribution >= 4 is 38.7 Å². The summed E-state index contributed by atoms with van der Waals surface area (Å²) >= 11 is 0. The van der Waals surface area contributed by atoms with Crippen molar-refractivity contribution in [3.05, 3.63) is 196 Å². The Morgan fingerprint density at radius 1 is 0.500 bits per heavy atom. The molecule has 0 fully saturated rings. The largest absolute Gasteiger partial charge is 0.292 e. The third-order valence-corrected chi connectivity index (χ3v) is 10.5. The Hall–Kier alpha value is -6.06. The van der Waals surface area contributed by atoms with Crippen LogP contribution in [0.4, 0.5) is 17.2 Å². The normalized spacial score (nSPS) is 11.4. The van der Waals surface area contributed by atoms with Crippen LogP contribution in [0.15, 0.2) is 146 Å². The Kier molecular flexibility index (Phi) is 8.64. The molecule has 0 amide bonds. The van der Waals surface area contributed by atoms with Crippen LogP contribution in [-0.2, 0) is 0 Å². The molecule has 8 aromatic rings. The lowest BCUT2D eigenvalue weighted by atomic mass is 9.75. The van der Waals surface area contributed by atoms with Gasteiger partial charge in [-0.15, -0.1) is 0 Å². The maximum Gasteiger partial charge on any atom is 0.156 e. The molecule has 1 aromatic heterocycles. The molecule has 0 aliphatic carbocycles. The number of nitrogens with zero attached hydrogens (tertiary/aromatic N) is 3. The monoisotopic (exact) mass is 673 g/mol. The number of benzene rings is 7. The van der Waals surface area contributed by atoms with Crippen molar-refractivity contribution in [2.75, 3.05) is 4.90 Å². The first-order valence-corrected chi connectivity index (χ1v) is 18.1. The first kappa shape index (κ1) is 33.1. The number of aromatic nitrogens is 2. The number of hydrogen-bond acceptors (Lipinski definition) is 3. The van der Waals surface area contributed by atoms with Crippen LogP contribution in [0.25, 0.3) is 32.7 Å². The summed E-state index contributed by atoms with van der Waals surface area (Å²) < 4.78 is 0. The summed E-state index contributed by atoms with van der Waals surface area (Å²) in [6.07, 6.45) is 5.39. The second-order valence-corrected chi connectivity index (χ2v) is 14.3. The van der Waals surface area contributed by atoms with E-state index in [1.54, 1.807) is 12.4 Å². The zero-order chi connectivity index (χ0) is 35.9.